The number of hydrogen-bond acceptors (Lipinski definition) is 4. The van der Waals surface area contributed by atoms with E-state index in [0.29, 0.717) is 24.8 Å². The molecule has 0 radical (unpaired) electrons. The van der Waals surface area contributed by atoms with E-state index in [1.807, 2.05) is 0 Å². The summed E-state index contributed by atoms with van der Waals surface area (Å²) in [6.45, 7) is 0. The fourth-order valence-electron chi connectivity index (χ4n) is 2.90. The third kappa shape index (κ3) is 2.16. The van der Waals surface area contributed by atoms with Crippen molar-refractivity contribution in [3.8, 4) is 0 Å². The molecule has 1 atom stereocenters. The summed E-state index contributed by atoms with van der Waals surface area (Å²) in [5.41, 5.74) is 1.57. The van der Waals surface area contributed by atoms with Crippen LogP contribution in [-0.2, 0) is 16.0 Å². The van der Waals surface area contributed by atoms with Gasteiger partial charge in [-0.15, -0.1) is 0 Å². The lowest BCUT2D eigenvalue weighted by molar-refractivity contribution is -0.384. The van der Waals surface area contributed by atoms with Crippen molar-refractivity contribution in [2.24, 2.45) is 0 Å². The van der Waals surface area contributed by atoms with Gasteiger partial charge in [0.05, 0.1) is 4.92 Å². The number of hydrogen-bond donors (Lipinski definition) is 1. The number of carbonyl (C=O) groups is 2. The molecule has 2 aliphatic heterocycles. The Balaban J connectivity index is 1.85. The standard InChI is InChI=1S/C14H12N2O5/c17-12-7-11-6-9(13(14(18)19)15(11)12)5-8-1-3-10(4-2-8)16(20)21/h1-4,11H,5-7H2,(H,18,19). The maximum atomic E-state index is 11.5. The predicted molar refractivity (Wildman–Crippen MR) is 71.3 cm³/mol. The monoisotopic (exact) mass is 288 g/mol. The molecule has 0 aliphatic carbocycles. The van der Waals surface area contributed by atoms with Gasteiger partial charge in [0, 0.05) is 24.6 Å². The normalized spacial score (nSPS) is 20.3. The van der Waals surface area contributed by atoms with E-state index in [1.165, 1.54) is 17.0 Å². The van der Waals surface area contributed by atoms with E-state index in [1.54, 1.807) is 12.1 Å². The van der Waals surface area contributed by atoms with E-state index in [2.05, 4.69) is 0 Å². The SMILES string of the molecule is O=C(O)C1=C(Cc2ccc([N+](=O)[O-])cc2)CC2CC(=O)N12. The van der Waals surface area contributed by atoms with Gasteiger partial charge in [-0.3, -0.25) is 14.9 Å². The Bertz CT molecular complexity index is 677. The Morgan fingerprint density at radius 1 is 1.33 bits per heavy atom. The highest BCUT2D eigenvalue weighted by molar-refractivity contribution is 5.98. The zero-order valence-corrected chi connectivity index (χ0v) is 11.0. The molecule has 7 heteroatoms. The van der Waals surface area contributed by atoms with Gasteiger partial charge >= 0.3 is 5.97 Å². The number of nitrogens with zero attached hydrogens (tertiary/aromatic N) is 2. The average molecular weight is 288 g/mol. The van der Waals surface area contributed by atoms with Crippen LogP contribution in [-0.4, -0.2) is 32.8 Å². The van der Waals surface area contributed by atoms with Crippen molar-refractivity contribution in [1.82, 2.24) is 4.90 Å². The number of carboxylic acids is 1. The first-order chi connectivity index (χ1) is 9.97. The molecule has 1 saturated heterocycles. The molecule has 1 N–H and O–H groups in total. The number of nitro groups is 1. The fraction of sp³-hybridized carbons (Fsp3) is 0.286. The number of amides is 1. The van der Waals surface area contributed by atoms with Crippen LogP contribution >= 0.6 is 0 Å². The molecule has 1 aromatic rings. The summed E-state index contributed by atoms with van der Waals surface area (Å²) >= 11 is 0. The third-order valence-corrected chi connectivity index (χ3v) is 3.87. The maximum absolute atomic E-state index is 11.5. The summed E-state index contributed by atoms with van der Waals surface area (Å²) in [5.74, 6) is -1.25. The molecule has 0 bridgehead atoms. The summed E-state index contributed by atoms with van der Waals surface area (Å²) in [6.07, 6.45) is 1.34. The second-order valence-corrected chi connectivity index (χ2v) is 5.18. The van der Waals surface area contributed by atoms with Crippen LogP contribution in [0.5, 0.6) is 0 Å². The van der Waals surface area contributed by atoms with Gasteiger partial charge in [-0.1, -0.05) is 12.1 Å². The highest BCUT2D eigenvalue weighted by Gasteiger charge is 2.47. The molecule has 3 rings (SSSR count). The van der Waals surface area contributed by atoms with Gasteiger partial charge < -0.3 is 10.0 Å². The molecule has 2 aliphatic rings. The largest absolute Gasteiger partial charge is 0.477 e. The van der Waals surface area contributed by atoms with Crippen molar-refractivity contribution in [1.29, 1.82) is 0 Å². The summed E-state index contributed by atoms with van der Waals surface area (Å²) in [4.78, 5) is 34.3. The van der Waals surface area contributed by atoms with Crippen LogP contribution in [0.1, 0.15) is 18.4 Å². The highest BCUT2D eigenvalue weighted by atomic mass is 16.6. The molecule has 0 saturated carbocycles. The van der Waals surface area contributed by atoms with Crippen molar-refractivity contribution < 1.29 is 19.6 Å². The number of β-lactam (4-membered cyclic amide) rings is 1. The van der Waals surface area contributed by atoms with Crippen LogP contribution in [0.3, 0.4) is 0 Å². The van der Waals surface area contributed by atoms with E-state index in [0.717, 1.165) is 5.56 Å². The summed E-state index contributed by atoms with van der Waals surface area (Å²) in [7, 11) is 0. The summed E-state index contributed by atoms with van der Waals surface area (Å²) in [6, 6.07) is 5.98. The highest BCUT2D eigenvalue weighted by Crippen LogP contribution is 2.39. The average Bonchev–Trinajstić information content (AvgIpc) is 2.72. The summed E-state index contributed by atoms with van der Waals surface area (Å²) < 4.78 is 0. The Kier molecular flexibility index (Phi) is 2.97. The molecule has 0 spiro atoms. The minimum Gasteiger partial charge on any atom is -0.477 e. The quantitative estimate of drug-likeness (QED) is 0.513. The van der Waals surface area contributed by atoms with E-state index in [-0.39, 0.29) is 23.3 Å². The van der Waals surface area contributed by atoms with Gasteiger partial charge in [-0.05, 0) is 24.0 Å². The number of fused-ring (bicyclic) bond motifs is 1. The van der Waals surface area contributed by atoms with Crippen molar-refractivity contribution in [3.05, 3.63) is 51.2 Å². The molecular formula is C14H12N2O5. The zero-order valence-electron chi connectivity index (χ0n) is 11.0. The molecule has 1 fully saturated rings. The Labute approximate surface area is 119 Å². The first kappa shape index (κ1) is 13.3. The number of carbonyl (C=O) groups excluding carboxylic acids is 1. The molecule has 0 aromatic heterocycles. The molecule has 1 aromatic carbocycles. The lowest BCUT2D eigenvalue weighted by Crippen LogP contribution is -2.49. The van der Waals surface area contributed by atoms with Gasteiger partial charge in [0.25, 0.3) is 5.69 Å². The number of non-ortho nitro benzene ring substituents is 1. The van der Waals surface area contributed by atoms with Crippen molar-refractivity contribution in [2.75, 3.05) is 0 Å². The van der Waals surface area contributed by atoms with Crippen LogP contribution < -0.4 is 0 Å². The second kappa shape index (κ2) is 4.69. The van der Waals surface area contributed by atoms with E-state index in [9.17, 15) is 24.8 Å². The van der Waals surface area contributed by atoms with E-state index >= 15 is 0 Å². The maximum Gasteiger partial charge on any atom is 0.352 e. The second-order valence-electron chi connectivity index (χ2n) is 5.18. The topological polar surface area (TPSA) is 101 Å². The number of rotatable bonds is 4. The van der Waals surface area contributed by atoms with Crippen LogP contribution in [0.4, 0.5) is 5.69 Å². The molecule has 108 valence electrons. The minimum atomic E-state index is -1.09. The van der Waals surface area contributed by atoms with Gasteiger partial charge in [0.2, 0.25) is 5.91 Å². The zero-order chi connectivity index (χ0) is 15.1. The lowest BCUT2D eigenvalue weighted by atomic mass is 9.97. The predicted octanol–water partition coefficient (Wildman–Crippen LogP) is 1.48. The smallest absolute Gasteiger partial charge is 0.352 e. The first-order valence-corrected chi connectivity index (χ1v) is 6.48. The Hall–Kier alpha value is -2.70. The van der Waals surface area contributed by atoms with Gasteiger partial charge in [0.1, 0.15) is 5.70 Å². The molecule has 21 heavy (non-hydrogen) atoms. The molecule has 7 nitrogen and oxygen atoms in total. The minimum absolute atomic E-state index is 0.00314. The van der Waals surface area contributed by atoms with Crippen molar-refractivity contribution >= 4 is 17.6 Å². The van der Waals surface area contributed by atoms with Crippen LogP contribution in [0, 0.1) is 10.1 Å². The van der Waals surface area contributed by atoms with Gasteiger partial charge in [0.15, 0.2) is 0 Å². The van der Waals surface area contributed by atoms with Crippen molar-refractivity contribution in [2.45, 2.75) is 25.3 Å². The first-order valence-electron chi connectivity index (χ1n) is 6.48. The fourth-order valence-corrected chi connectivity index (χ4v) is 2.90. The Morgan fingerprint density at radius 2 is 2.00 bits per heavy atom. The molecule has 1 unspecified atom stereocenters. The van der Waals surface area contributed by atoms with E-state index < -0.39 is 10.9 Å². The van der Waals surface area contributed by atoms with Crippen LogP contribution in [0.15, 0.2) is 35.5 Å². The molecule has 1 amide bonds. The number of aliphatic carboxylic acids is 1. The number of carboxylic acid groups (broad SMARTS) is 1. The Morgan fingerprint density at radius 3 is 2.52 bits per heavy atom. The van der Waals surface area contributed by atoms with Crippen molar-refractivity contribution in [3.63, 3.8) is 0 Å². The van der Waals surface area contributed by atoms with Gasteiger partial charge in [-0.2, -0.15) is 0 Å². The lowest BCUT2D eigenvalue weighted by Gasteiger charge is -2.35. The third-order valence-electron chi connectivity index (χ3n) is 3.87. The van der Waals surface area contributed by atoms with Crippen LogP contribution in [0.2, 0.25) is 0 Å². The van der Waals surface area contributed by atoms with E-state index in [4.69, 9.17) is 0 Å². The molecule has 2 heterocycles. The molecular weight excluding hydrogens is 276 g/mol. The number of benzene rings is 1. The number of nitro benzene ring substituents is 1. The van der Waals surface area contributed by atoms with Gasteiger partial charge in [-0.25, -0.2) is 4.79 Å². The summed E-state index contributed by atoms with van der Waals surface area (Å²) in [5, 5.41) is 19.9. The van der Waals surface area contributed by atoms with Crippen LogP contribution in [0.25, 0.3) is 0 Å².